The van der Waals surface area contributed by atoms with Crippen molar-refractivity contribution in [1.82, 2.24) is 0 Å². The highest BCUT2D eigenvalue weighted by Crippen LogP contribution is 2.45. The number of carbonyl (C=O) groups is 1. The van der Waals surface area contributed by atoms with Crippen molar-refractivity contribution in [3.05, 3.63) is 58.1 Å². The van der Waals surface area contributed by atoms with E-state index in [9.17, 15) is 9.90 Å². The Bertz CT molecular complexity index is 691. The average Bonchev–Trinajstić information content (AvgIpc) is 2.85. The van der Waals surface area contributed by atoms with Crippen molar-refractivity contribution in [2.45, 2.75) is 5.37 Å². The normalized spacial score (nSPS) is 18.3. The third-order valence-electron chi connectivity index (χ3n) is 3.24. The molecule has 21 heavy (non-hydrogen) atoms. The van der Waals surface area contributed by atoms with Crippen LogP contribution in [0.1, 0.15) is 10.9 Å². The summed E-state index contributed by atoms with van der Waals surface area (Å²) in [5.74, 6) is 0.552. The molecule has 0 saturated carbocycles. The smallest absolute Gasteiger partial charge is 0.238 e. The SMILES string of the molecule is O=C1CS[C@H](c2cccc(Cl)c2Cl)N1c1ccc(O)cc1. The third-order valence-corrected chi connectivity index (χ3v) is 5.27. The van der Waals surface area contributed by atoms with E-state index in [1.54, 1.807) is 35.2 Å². The lowest BCUT2D eigenvalue weighted by Crippen LogP contribution is -2.27. The highest BCUT2D eigenvalue weighted by Gasteiger charge is 2.35. The predicted octanol–water partition coefficient (Wildman–Crippen LogP) is 4.48. The highest BCUT2D eigenvalue weighted by atomic mass is 35.5. The van der Waals surface area contributed by atoms with E-state index < -0.39 is 0 Å². The lowest BCUT2D eigenvalue weighted by molar-refractivity contribution is -0.115. The molecule has 3 rings (SSSR count). The number of carbonyl (C=O) groups excluding carboxylic acids is 1. The summed E-state index contributed by atoms with van der Waals surface area (Å²) in [4.78, 5) is 13.9. The van der Waals surface area contributed by atoms with Crippen LogP contribution < -0.4 is 4.90 Å². The Balaban J connectivity index is 2.03. The second-order valence-electron chi connectivity index (χ2n) is 4.59. The molecule has 3 nitrogen and oxygen atoms in total. The standard InChI is InChI=1S/C15H11Cl2NO2S/c16-12-3-1-2-11(14(12)17)15-18(13(20)8-21-15)9-4-6-10(19)7-5-9/h1-7,15,19H,8H2/t15-/m1/s1. The summed E-state index contributed by atoms with van der Waals surface area (Å²) in [6.07, 6.45) is 0. The van der Waals surface area contributed by atoms with Gasteiger partial charge in [-0.05, 0) is 30.3 Å². The lowest BCUT2D eigenvalue weighted by Gasteiger charge is -2.25. The minimum absolute atomic E-state index is 0.00623. The molecule has 108 valence electrons. The second-order valence-corrected chi connectivity index (χ2v) is 6.44. The summed E-state index contributed by atoms with van der Waals surface area (Å²) < 4.78 is 0. The Morgan fingerprint density at radius 2 is 1.86 bits per heavy atom. The first-order valence-corrected chi connectivity index (χ1v) is 8.05. The van der Waals surface area contributed by atoms with Crippen LogP contribution in [0.3, 0.4) is 0 Å². The average molecular weight is 340 g/mol. The van der Waals surface area contributed by atoms with Crippen LogP contribution in [0.5, 0.6) is 5.75 Å². The summed E-state index contributed by atoms with van der Waals surface area (Å²) in [6, 6.07) is 12.0. The topological polar surface area (TPSA) is 40.5 Å². The maximum absolute atomic E-state index is 12.2. The molecule has 0 unspecified atom stereocenters. The first-order chi connectivity index (χ1) is 10.1. The molecule has 1 heterocycles. The molecule has 1 N–H and O–H groups in total. The van der Waals surface area contributed by atoms with Crippen LogP contribution in [0.4, 0.5) is 5.69 Å². The quantitative estimate of drug-likeness (QED) is 0.876. The fraction of sp³-hybridized carbons (Fsp3) is 0.133. The largest absolute Gasteiger partial charge is 0.508 e. The van der Waals surface area contributed by atoms with Crippen molar-refractivity contribution >= 4 is 46.6 Å². The molecule has 1 aliphatic rings. The Labute approximate surface area is 136 Å². The van der Waals surface area contributed by atoms with Gasteiger partial charge in [-0.25, -0.2) is 0 Å². The van der Waals surface area contributed by atoms with E-state index in [-0.39, 0.29) is 17.0 Å². The molecule has 2 aromatic rings. The van der Waals surface area contributed by atoms with Gasteiger partial charge in [0.2, 0.25) is 5.91 Å². The lowest BCUT2D eigenvalue weighted by atomic mass is 10.2. The van der Waals surface area contributed by atoms with Gasteiger partial charge in [-0.2, -0.15) is 0 Å². The van der Waals surface area contributed by atoms with E-state index in [1.165, 1.54) is 11.8 Å². The highest BCUT2D eigenvalue weighted by molar-refractivity contribution is 8.00. The first kappa shape index (κ1) is 14.6. The van der Waals surface area contributed by atoms with Crippen LogP contribution in [-0.2, 0) is 4.79 Å². The second kappa shape index (κ2) is 5.79. The van der Waals surface area contributed by atoms with E-state index >= 15 is 0 Å². The van der Waals surface area contributed by atoms with Crippen LogP contribution >= 0.6 is 35.0 Å². The molecular formula is C15H11Cl2NO2S. The van der Waals surface area contributed by atoms with Crippen molar-refractivity contribution in [1.29, 1.82) is 0 Å². The van der Waals surface area contributed by atoms with Crippen molar-refractivity contribution in [3.8, 4) is 5.75 Å². The molecule has 0 spiro atoms. The number of halogens is 2. The summed E-state index contributed by atoms with van der Waals surface area (Å²) in [5.41, 5.74) is 1.54. The molecule has 0 radical (unpaired) electrons. The Morgan fingerprint density at radius 1 is 1.14 bits per heavy atom. The van der Waals surface area contributed by atoms with Crippen molar-refractivity contribution in [3.63, 3.8) is 0 Å². The van der Waals surface area contributed by atoms with E-state index in [4.69, 9.17) is 23.2 Å². The zero-order valence-corrected chi connectivity index (χ0v) is 13.1. The number of amides is 1. The number of phenols is 1. The molecule has 1 fully saturated rings. The molecular weight excluding hydrogens is 329 g/mol. The number of rotatable bonds is 2. The van der Waals surface area contributed by atoms with Crippen molar-refractivity contribution in [2.24, 2.45) is 0 Å². The van der Waals surface area contributed by atoms with Crippen LogP contribution in [0.2, 0.25) is 10.0 Å². The van der Waals surface area contributed by atoms with Crippen LogP contribution in [-0.4, -0.2) is 16.8 Å². The molecule has 0 bridgehead atoms. The Hall–Kier alpha value is -1.36. The predicted molar refractivity (Wildman–Crippen MR) is 87.3 cm³/mol. The zero-order chi connectivity index (χ0) is 15.0. The van der Waals surface area contributed by atoms with E-state index in [1.807, 2.05) is 12.1 Å². The van der Waals surface area contributed by atoms with E-state index in [2.05, 4.69) is 0 Å². The Kier molecular flexibility index (Phi) is 4.02. The fourth-order valence-corrected chi connectivity index (χ4v) is 3.94. The molecule has 1 saturated heterocycles. The van der Waals surface area contributed by atoms with Gasteiger partial charge in [-0.15, -0.1) is 11.8 Å². The number of phenolic OH excluding ortho intramolecular Hbond substituents is 1. The monoisotopic (exact) mass is 339 g/mol. The van der Waals surface area contributed by atoms with Gasteiger partial charge in [-0.3, -0.25) is 9.69 Å². The van der Waals surface area contributed by atoms with Crippen molar-refractivity contribution < 1.29 is 9.90 Å². The fourth-order valence-electron chi connectivity index (χ4n) is 2.26. The maximum atomic E-state index is 12.2. The first-order valence-electron chi connectivity index (χ1n) is 6.24. The van der Waals surface area contributed by atoms with Gasteiger partial charge in [0.15, 0.2) is 0 Å². The number of thioether (sulfide) groups is 1. The summed E-state index contributed by atoms with van der Waals surface area (Å²) in [7, 11) is 0. The van der Waals surface area contributed by atoms with E-state index in [0.29, 0.717) is 15.8 Å². The van der Waals surface area contributed by atoms with Gasteiger partial charge in [0.25, 0.3) is 0 Å². The number of anilines is 1. The minimum atomic E-state index is -0.215. The molecule has 2 aromatic carbocycles. The van der Waals surface area contributed by atoms with Gasteiger partial charge in [0, 0.05) is 11.3 Å². The van der Waals surface area contributed by atoms with Gasteiger partial charge < -0.3 is 5.11 Å². The molecule has 0 aliphatic carbocycles. The minimum Gasteiger partial charge on any atom is -0.508 e. The molecule has 1 atom stereocenters. The number of hydrogen-bond donors (Lipinski definition) is 1. The number of benzene rings is 2. The Morgan fingerprint density at radius 3 is 2.57 bits per heavy atom. The zero-order valence-electron chi connectivity index (χ0n) is 10.8. The molecule has 6 heteroatoms. The third kappa shape index (κ3) is 2.71. The molecule has 1 aliphatic heterocycles. The van der Waals surface area contributed by atoms with Gasteiger partial charge in [-0.1, -0.05) is 35.3 Å². The van der Waals surface area contributed by atoms with Gasteiger partial charge in [0.05, 0.1) is 15.8 Å². The number of nitrogens with zero attached hydrogens (tertiary/aromatic N) is 1. The summed E-state index contributed by atoms with van der Waals surface area (Å²) in [5, 5.41) is 10.1. The van der Waals surface area contributed by atoms with Crippen LogP contribution in [0.15, 0.2) is 42.5 Å². The van der Waals surface area contributed by atoms with Crippen molar-refractivity contribution in [2.75, 3.05) is 10.7 Å². The van der Waals surface area contributed by atoms with Gasteiger partial charge >= 0.3 is 0 Å². The molecule has 0 aromatic heterocycles. The van der Waals surface area contributed by atoms with Crippen LogP contribution in [0, 0.1) is 0 Å². The number of hydrogen-bond acceptors (Lipinski definition) is 3. The van der Waals surface area contributed by atoms with E-state index in [0.717, 1.165) is 11.3 Å². The summed E-state index contributed by atoms with van der Waals surface area (Å²) in [6.45, 7) is 0. The van der Waals surface area contributed by atoms with Gasteiger partial charge in [0.1, 0.15) is 11.1 Å². The number of aromatic hydroxyl groups is 1. The molecule has 1 amide bonds. The summed E-state index contributed by atoms with van der Waals surface area (Å²) >= 11 is 13.8. The van der Waals surface area contributed by atoms with Crippen LogP contribution in [0.25, 0.3) is 0 Å². The maximum Gasteiger partial charge on any atom is 0.238 e.